The highest BCUT2D eigenvalue weighted by molar-refractivity contribution is 5.26. The first kappa shape index (κ1) is 16.5. The second-order valence-corrected chi connectivity index (χ2v) is 5.53. The topological polar surface area (TPSA) is 66.0 Å². The van der Waals surface area contributed by atoms with Gasteiger partial charge in [0.25, 0.3) is 0 Å². The van der Waals surface area contributed by atoms with Gasteiger partial charge in [0.1, 0.15) is 5.75 Å². The molecule has 2 rings (SSSR count). The van der Waals surface area contributed by atoms with Crippen molar-refractivity contribution in [3.05, 3.63) is 41.2 Å². The fourth-order valence-corrected chi connectivity index (χ4v) is 2.36. The number of hydrogen-bond donors (Lipinski definition) is 1. The lowest BCUT2D eigenvalue weighted by Crippen LogP contribution is -2.10. The summed E-state index contributed by atoms with van der Waals surface area (Å²) in [5, 5.41) is 8.41. The first-order chi connectivity index (χ1) is 10.7. The molecule has 0 aliphatic carbocycles. The maximum absolute atomic E-state index is 5.75. The summed E-state index contributed by atoms with van der Waals surface area (Å²) in [6.45, 7) is 6.21. The van der Waals surface area contributed by atoms with Crippen LogP contribution < -0.4 is 10.5 Å². The third kappa shape index (κ3) is 4.56. The first-order valence-electron chi connectivity index (χ1n) is 8.05. The molecule has 5 heteroatoms. The summed E-state index contributed by atoms with van der Waals surface area (Å²) in [5.41, 5.74) is 9.08. The molecule has 0 spiro atoms. The Kier molecular flexibility index (Phi) is 6.40. The van der Waals surface area contributed by atoms with E-state index in [2.05, 4.69) is 36.3 Å². The minimum Gasteiger partial charge on any atom is -0.494 e. The minimum absolute atomic E-state index is 0.457. The van der Waals surface area contributed by atoms with Gasteiger partial charge in [0.05, 0.1) is 18.0 Å². The predicted molar refractivity (Wildman–Crippen MR) is 87.8 cm³/mol. The quantitative estimate of drug-likeness (QED) is 0.723. The standard InChI is InChI=1S/C17H26N4O/c1-3-4-6-17-16(13-18)19-20-21(17)11-5-12-22-15-9-7-14(2)8-10-15/h7-10H,3-6,11-13,18H2,1-2H3. The van der Waals surface area contributed by atoms with Crippen molar-refractivity contribution in [1.82, 2.24) is 15.0 Å². The van der Waals surface area contributed by atoms with Crippen LogP contribution in [0.25, 0.3) is 0 Å². The predicted octanol–water partition coefficient (Wildman–Crippen LogP) is 2.86. The van der Waals surface area contributed by atoms with Crippen molar-refractivity contribution in [3.63, 3.8) is 0 Å². The molecule has 2 aromatic rings. The Morgan fingerprint density at radius 1 is 1.18 bits per heavy atom. The third-order valence-corrected chi connectivity index (χ3v) is 3.68. The fraction of sp³-hybridized carbons (Fsp3) is 0.529. The molecule has 2 N–H and O–H groups in total. The molecular weight excluding hydrogens is 276 g/mol. The number of rotatable bonds is 9. The van der Waals surface area contributed by atoms with E-state index in [-0.39, 0.29) is 0 Å². The molecule has 120 valence electrons. The molecule has 1 heterocycles. The molecule has 1 aromatic heterocycles. The third-order valence-electron chi connectivity index (χ3n) is 3.68. The number of benzene rings is 1. The van der Waals surface area contributed by atoms with Crippen LogP contribution in [0.1, 0.15) is 43.1 Å². The number of aryl methyl sites for hydroxylation is 2. The molecule has 0 fully saturated rings. The molecule has 0 amide bonds. The molecule has 22 heavy (non-hydrogen) atoms. The van der Waals surface area contributed by atoms with Crippen LogP contribution in [0.2, 0.25) is 0 Å². The second-order valence-electron chi connectivity index (χ2n) is 5.53. The van der Waals surface area contributed by atoms with Crippen molar-refractivity contribution in [1.29, 1.82) is 0 Å². The van der Waals surface area contributed by atoms with E-state index in [1.54, 1.807) is 0 Å². The molecular formula is C17H26N4O. The van der Waals surface area contributed by atoms with Gasteiger partial charge in [0.2, 0.25) is 0 Å². The van der Waals surface area contributed by atoms with Crippen molar-refractivity contribution in [2.75, 3.05) is 6.61 Å². The van der Waals surface area contributed by atoms with E-state index in [0.29, 0.717) is 13.2 Å². The van der Waals surface area contributed by atoms with Gasteiger partial charge in [-0.2, -0.15) is 0 Å². The molecule has 0 atom stereocenters. The summed E-state index contributed by atoms with van der Waals surface area (Å²) in [7, 11) is 0. The molecule has 1 aromatic carbocycles. The van der Waals surface area contributed by atoms with E-state index < -0.39 is 0 Å². The zero-order valence-electron chi connectivity index (χ0n) is 13.6. The zero-order valence-corrected chi connectivity index (χ0v) is 13.6. The summed E-state index contributed by atoms with van der Waals surface area (Å²) in [4.78, 5) is 0. The van der Waals surface area contributed by atoms with Crippen LogP contribution in [0.3, 0.4) is 0 Å². The van der Waals surface area contributed by atoms with Gasteiger partial charge in [0.15, 0.2) is 0 Å². The Morgan fingerprint density at radius 2 is 1.95 bits per heavy atom. The van der Waals surface area contributed by atoms with Crippen LogP contribution in [-0.2, 0) is 19.5 Å². The Bertz CT molecular complexity index is 563. The number of nitrogens with zero attached hydrogens (tertiary/aromatic N) is 3. The van der Waals surface area contributed by atoms with Gasteiger partial charge >= 0.3 is 0 Å². The van der Waals surface area contributed by atoms with Crippen molar-refractivity contribution in [2.24, 2.45) is 5.73 Å². The highest BCUT2D eigenvalue weighted by Crippen LogP contribution is 2.13. The summed E-state index contributed by atoms with van der Waals surface area (Å²) < 4.78 is 7.73. The van der Waals surface area contributed by atoms with Gasteiger partial charge in [-0.25, -0.2) is 4.68 Å². The Balaban J connectivity index is 1.83. The highest BCUT2D eigenvalue weighted by atomic mass is 16.5. The smallest absolute Gasteiger partial charge is 0.119 e. The Morgan fingerprint density at radius 3 is 2.64 bits per heavy atom. The van der Waals surface area contributed by atoms with Gasteiger partial charge in [-0.05, 0) is 31.9 Å². The number of hydrogen-bond acceptors (Lipinski definition) is 4. The molecule has 0 bridgehead atoms. The van der Waals surface area contributed by atoms with Crippen LogP contribution in [0, 0.1) is 6.92 Å². The van der Waals surface area contributed by atoms with Crippen molar-refractivity contribution >= 4 is 0 Å². The van der Waals surface area contributed by atoms with Gasteiger partial charge in [-0.15, -0.1) is 5.10 Å². The normalized spacial score (nSPS) is 10.9. The molecule has 0 radical (unpaired) electrons. The maximum atomic E-state index is 5.75. The molecule has 0 aliphatic rings. The van der Waals surface area contributed by atoms with E-state index in [1.165, 1.54) is 11.3 Å². The summed E-state index contributed by atoms with van der Waals surface area (Å²) in [6, 6.07) is 8.13. The molecule has 0 saturated heterocycles. The molecule has 0 aliphatic heterocycles. The van der Waals surface area contributed by atoms with E-state index in [1.807, 2.05) is 16.8 Å². The second kappa shape index (κ2) is 8.54. The van der Waals surface area contributed by atoms with Crippen LogP contribution in [0.15, 0.2) is 24.3 Å². The Labute approximate surface area is 132 Å². The van der Waals surface area contributed by atoms with Crippen LogP contribution in [0.4, 0.5) is 0 Å². The van der Waals surface area contributed by atoms with Gasteiger partial charge in [0, 0.05) is 19.5 Å². The van der Waals surface area contributed by atoms with Crippen molar-refractivity contribution in [3.8, 4) is 5.75 Å². The van der Waals surface area contributed by atoms with E-state index in [4.69, 9.17) is 10.5 Å². The van der Waals surface area contributed by atoms with Crippen LogP contribution in [0.5, 0.6) is 5.75 Å². The average Bonchev–Trinajstić information content (AvgIpc) is 2.93. The fourth-order valence-electron chi connectivity index (χ4n) is 2.36. The van der Waals surface area contributed by atoms with Crippen molar-refractivity contribution < 1.29 is 4.74 Å². The van der Waals surface area contributed by atoms with Gasteiger partial charge < -0.3 is 10.5 Å². The lowest BCUT2D eigenvalue weighted by Gasteiger charge is -2.09. The van der Waals surface area contributed by atoms with E-state index in [0.717, 1.165) is 43.7 Å². The lowest BCUT2D eigenvalue weighted by molar-refractivity contribution is 0.296. The number of ether oxygens (including phenoxy) is 1. The number of aromatic nitrogens is 3. The summed E-state index contributed by atoms with van der Waals surface area (Å²) in [6.07, 6.45) is 4.20. The largest absolute Gasteiger partial charge is 0.494 e. The van der Waals surface area contributed by atoms with E-state index >= 15 is 0 Å². The maximum Gasteiger partial charge on any atom is 0.119 e. The van der Waals surface area contributed by atoms with Crippen LogP contribution in [-0.4, -0.2) is 21.6 Å². The minimum atomic E-state index is 0.457. The van der Waals surface area contributed by atoms with Crippen molar-refractivity contribution in [2.45, 2.75) is 52.6 Å². The number of nitrogens with two attached hydrogens (primary N) is 1. The number of unbranched alkanes of at least 4 members (excludes halogenated alkanes) is 1. The zero-order chi connectivity index (χ0) is 15.8. The van der Waals surface area contributed by atoms with Gasteiger partial charge in [-0.1, -0.05) is 36.3 Å². The molecule has 5 nitrogen and oxygen atoms in total. The van der Waals surface area contributed by atoms with Gasteiger partial charge in [-0.3, -0.25) is 0 Å². The SMILES string of the molecule is CCCCc1c(CN)nnn1CCCOc1ccc(C)cc1. The summed E-state index contributed by atoms with van der Waals surface area (Å²) >= 11 is 0. The molecule has 0 unspecified atom stereocenters. The Hall–Kier alpha value is -1.88. The average molecular weight is 302 g/mol. The molecule has 0 saturated carbocycles. The monoisotopic (exact) mass is 302 g/mol. The van der Waals surface area contributed by atoms with E-state index in [9.17, 15) is 0 Å². The highest BCUT2D eigenvalue weighted by Gasteiger charge is 2.10. The lowest BCUT2D eigenvalue weighted by atomic mass is 10.1. The first-order valence-corrected chi connectivity index (χ1v) is 8.05. The summed E-state index contributed by atoms with van der Waals surface area (Å²) in [5.74, 6) is 0.915. The van der Waals surface area contributed by atoms with Crippen LogP contribution >= 0.6 is 0 Å².